The summed E-state index contributed by atoms with van der Waals surface area (Å²) in [4.78, 5) is 243. The SMILES string of the molecule is CCC1OC(OCCCCCC(=O)NCCCNC(=O)C(CCCCNC(=O)CCCC(=O)Oc2c(F)c(F)c(F)c(F)c2F)N(CC(=O)NCCCNC(=O)CCCCCOC2OC(COC(C)=O)C(OC(C)=O)C(OC(C)=O)C2NC(C)=O)C(C=O)NCCCNC(=O)CCCCCOC2OC(COC(C)=O)C(OC(C)=O)C(OC(C)=O)C2NC(C)=O)C(NC(C)=O)C(OC(C)=O)C1OC(C)=O. The molecule has 3 saturated heterocycles. The van der Waals surface area contributed by atoms with Crippen LogP contribution >= 0.6 is 0 Å². The summed E-state index contributed by atoms with van der Waals surface area (Å²) in [5, 5.41) is 27.5. The summed E-state index contributed by atoms with van der Waals surface area (Å²) in [5.74, 6) is -25.9. The van der Waals surface area contributed by atoms with Crippen LogP contribution in [-0.2, 0) is 157 Å². The van der Waals surface area contributed by atoms with E-state index in [0.29, 0.717) is 70.5 Å². The zero-order chi connectivity index (χ0) is 103. The number of halogens is 5. The molecule has 139 heavy (non-hydrogen) atoms. The number of rotatable bonds is 64. The molecule has 0 aromatic heterocycles. The molecule has 10 N–H and O–H groups in total. The highest BCUT2D eigenvalue weighted by Crippen LogP contribution is 2.34. The lowest BCUT2D eigenvalue weighted by molar-refractivity contribution is -0.277. The molecule has 45 nitrogen and oxygen atoms in total. The van der Waals surface area contributed by atoms with E-state index in [9.17, 15) is 113 Å². The molecule has 784 valence electrons. The molecule has 17 atom stereocenters. The van der Waals surface area contributed by atoms with Gasteiger partial charge in [0.25, 0.3) is 0 Å². The van der Waals surface area contributed by atoms with E-state index in [4.69, 9.17) is 66.3 Å². The van der Waals surface area contributed by atoms with Gasteiger partial charge in [-0.25, -0.2) is 13.2 Å². The monoisotopic (exact) mass is 2000 g/mol. The summed E-state index contributed by atoms with van der Waals surface area (Å²) in [6, 6.07) is -4.79. The molecule has 0 bridgehead atoms. The van der Waals surface area contributed by atoms with Crippen LogP contribution in [0.4, 0.5) is 22.0 Å². The second-order valence-corrected chi connectivity index (χ2v) is 32.9. The molecule has 50 heteroatoms. The lowest BCUT2D eigenvalue weighted by Crippen LogP contribution is -2.66. The van der Waals surface area contributed by atoms with E-state index < -0.39 is 261 Å². The van der Waals surface area contributed by atoms with Gasteiger partial charge in [0.2, 0.25) is 88.0 Å². The standard InChI is InChI=1S/C89H134F5N11O34/c1-13-61-79(130-54(7)112)83(133-57(10)115)76(102-49(2)107)87(136-61)125-42-22-14-17-32-67(120)99-39-28-41-101-86(124)60(29-20-21-35-96-68(121)33-25-34-70(123)139-82-74(93)72(91)71(90)73(92)75(82)94)105(45-69(122)100-40-27-38-98-66(119)31-19-16-24-44-127-89-78(104-51(4)109)85(135-59(12)117)81(132-56(9)114)63(138-89)48-129-53(6)111)64(46-106)95-36-26-37-97-65(118)30-18-15-23-43-126-88-77(103-50(3)108)84(134-58(11)116)80(131-55(8)113)62(137-88)47-128-52(5)110/h46,60-64,76-81,83-85,87-89,95H,13-45,47-48H2,1-12H3,(H,96,121)(H,97,118)(H,98,119)(H,99,120)(H,100,122)(H,101,124)(H,102,107)(H,103,108)(H,104,109). The van der Waals surface area contributed by atoms with E-state index in [1.165, 1.54) is 32.6 Å². The minimum absolute atomic E-state index is 0.00872. The van der Waals surface area contributed by atoms with Crippen molar-refractivity contribution in [1.29, 1.82) is 0 Å². The van der Waals surface area contributed by atoms with Crippen LogP contribution in [-0.4, -0.2) is 308 Å². The smallest absolute Gasteiger partial charge is 0.311 e. The third-order valence-corrected chi connectivity index (χ3v) is 21.1. The molecule has 3 fully saturated rings. The zero-order valence-corrected chi connectivity index (χ0v) is 80.4. The maximum atomic E-state index is 14.7. The second kappa shape index (κ2) is 64.8. The third-order valence-electron chi connectivity index (χ3n) is 21.1. The number of carbonyl (C=O) groups excluding carboxylic acids is 19. The Labute approximate surface area is 801 Å². The van der Waals surface area contributed by atoms with Gasteiger partial charge in [0.15, 0.2) is 61.8 Å². The van der Waals surface area contributed by atoms with Crippen molar-refractivity contribution >= 4 is 113 Å². The van der Waals surface area contributed by atoms with Gasteiger partial charge in [-0.15, -0.1) is 0 Å². The molecule has 0 saturated carbocycles. The van der Waals surface area contributed by atoms with Crippen LogP contribution < -0.4 is 57.9 Å². The number of aldehydes is 1. The number of esters is 9. The molecule has 0 spiro atoms. The minimum Gasteiger partial charge on any atom is -0.463 e. The topological polar surface area (TPSA) is 586 Å². The van der Waals surface area contributed by atoms with Gasteiger partial charge in [0.1, 0.15) is 55.8 Å². The van der Waals surface area contributed by atoms with Crippen LogP contribution in [0, 0.1) is 29.1 Å². The van der Waals surface area contributed by atoms with Gasteiger partial charge in [0.05, 0.1) is 12.6 Å². The van der Waals surface area contributed by atoms with Crippen molar-refractivity contribution in [1.82, 2.24) is 58.1 Å². The summed E-state index contributed by atoms with van der Waals surface area (Å²) >= 11 is 0. The maximum absolute atomic E-state index is 14.7. The Morgan fingerprint density at radius 1 is 0.353 bits per heavy atom. The number of benzene rings is 1. The van der Waals surface area contributed by atoms with Crippen molar-refractivity contribution in [2.45, 2.75) is 328 Å². The third kappa shape index (κ3) is 45.7. The van der Waals surface area contributed by atoms with Crippen molar-refractivity contribution in [2.75, 3.05) is 85.4 Å². The van der Waals surface area contributed by atoms with Crippen LogP contribution in [0.1, 0.15) is 224 Å². The molecule has 4 rings (SSSR count). The second-order valence-electron chi connectivity index (χ2n) is 32.9. The first-order valence-corrected chi connectivity index (χ1v) is 46.2. The largest absolute Gasteiger partial charge is 0.463 e. The van der Waals surface area contributed by atoms with E-state index in [1.807, 2.05) is 0 Å². The Hall–Kier alpha value is -11.3. The van der Waals surface area contributed by atoms with E-state index in [-0.39, 0.29) is 148 Å². The normalized spacial score (nSPS) is 21.4. The number of hydrogen-bond donors (Lipinski definition) is 10. The van der Waals surface area contributed by atoms with Crippen molar-refractivity contribution < 1.29 is 184 Å². The van der Waals surface area contributed by atoms with Crippen LogP contribution in [0.3, 0.4) is 0 Å². The predicted molar refractivity (Wildman–Crippen MR) is 469 cm³/mol. The number of amides is 9. The fourth-order valence-electron chi connectivity index (χ4n) is 14.9. The molecule has 9 amide bonds. The van der Waals surface area contributed by atoms with Gasteiger partial charge in [0, 0.05) is 167 Å². The minimum atomic E-state index is -2.48. The molecular weight excluding hydrogens is 1860 g/mol. The molecular formula is C89H134F5N11O34. The van der Waals surface area contributed by atoms with Crippen LogP contribution in [0.5, 0.6) is 5.75 Å². The van der Waals surface area contributed by atoms with Crippen molar-refractivity contribution in [3.63, 3.8) is 0 Å². The number of hydrogen-bond acceptors (Lipinski definition) is 36. The highest BCUT2D eigenvalue weighted by atomic mass is 19.2. The predicted octanol–water partition coefficient (Wildman–Crippen LogP) is 1.83. The number of nitrogens with zero attached hydrogens (tertiary/aromatic N) is 1. The van der Waals surface area contributed by atoms with E-state index >= 15 is 0 Å². The summed E-state index contributed by atoms with van der Waals surface area (Å²) in [6.45, 7) is 12.9. The number of nitrogens with one attached hydrogen (secondary N) is 10. The summed E-state index contributed by atoms with van der Waals surface area (Å²) in [6.07, 6.45) is -12.3. The number of ether oxygens (including phenoxy) is 15. The summed E-state index contributed by atoms with van der Waals surface area (Å²) in [5.41, 5.74) is 0. The lowest BCUT2D eigenvalue weighted by atomic mass is 9.94. The molecule has 3 aliphatic heterocycles. The highest BCUT2D eigenvalue weighted by Gasteiger charge is 2.54. The quantitative estimate of drug-likeness (QED) is 0.00512. The number of carbonyl (C=O) groups is 19. The molecule has 0 aliphatic carbocycles. The van der Waals surface area contributed by atoms with Crippen LogP contribution in [0.2, 0.25) is 0 Å². The maximum Gasteiger partial charge on any atom is 0.311 e. The van der Waals surface area contributed by atoms with Gasteiger partial charge in [-0.05, 0) is 96.4 Å². The van der Waals surface area contributed by atoms with Gasteiger partial charge in [-0.2, -0.15) is 8.78 Å². The number of unbranched alkanes of at least 4 members (excludes halogenated alkanes) is 7. The molecule has 3 aliphatic rings. The van der Waals surface area contributed by atoms with Crippen molar-refractivity contribution in [3.8, 4) is 5.75 Å². The fraction of sp³-hybridized carbons (Fsp3) is 0.719. The Morgan fingerprint density at radius 2 is 0.676 bits per heavy atom. The highest BCUT2D eigenvalue weighted by molar-refractivity contribution is 5.85. The van der Waals surface area contributed by atoms with Gasteiger partial charge in [-0.3, -0.25) is 96.5 Å². The lowest BCUT2D eigenvalue weighted by Gasteiger charge is -2.45. The van der Waals surface area contributed by atoms with E-state index in [0.717, 1.165) is 48.5 Å². The van der Waals surface area contributed by atoms with E-state index in [2.05, 4.69) is 57.9 Å². The Morgan fingerprint density at radius 3 is 1.03 bits per heavy atom. The first-order valence-electron chi connectivity index (χ1n) is 46.2. The summed E-state index contributed by atoms with van der Waals surface area (Å²) in [7, 11) is 0. The average Bonchev–Trinajstić information content (AvgIpc) is 0.791. The van der Waals surface area contributed by atoms with Crippen LogP contribution in [0.25, 0.3) is 0 Å². The van der Waals surface area contributed by atoms with Gasteiger partial charge < -0.3 is 124 Å². The van der Waals surface area contributed by atoms with Crippen molar-refractivity contribution in [3.05, 3.63) is 29.1 Å². The van der Waals surface area contributed by atoms with E-state index in [1.54, 1.807) is 6.92 Å². The molecule has 3 heterocycles. The fourth-order valence-corrected chi connectivity index (χ4v) is 14.9. The van der Waals surface area contributed by atoms with Gasteiger partial charge >= 0.3 is 53.7 Å². The molecule has 1 aromatic carbocycles. The first kappa shape index (κ1) is 120. The van der Waals surface area contributed by atoms with Crippen molar-refractivity contribution in [2.24, 2.45) is 0 Å². The molecule has 1 aromatic rings. The average molecular weight is 2000 g/mol. The van der Waals surface area contributed by atoms with Gasteiger partial charge in [-0.1, -0.05) is 26.2 Å². The summed E-state index contributed by atoms with van der Waals surface area (Å²) < 4.78 is 154. The Kier molecular flexibility index (Phi) is 56.0. The zero-order valence-electron chi connectivity index (χ0n) is 80.4. The first-order chi connectivity index (χ1) is 66.0. The Bertz CT molecular complexity index is 4210. The molecule has 17 unspecified atom stereocenters. The Balaban J connectivity index is 1.48. The molecule has 0 radical (unpaired) electrons. The van der Waals surface area contributed by atoms with Crippen LogP contribution in [0.15, 0.2) is 0 Å².